The SMILES string of the molecule is O=[N+]([O-])c1ccc(NCCNCc2ccncc2)cc1. The lowest BCUT2D eigenvalue weighted by atomic mass is 10.2. The van der Waals surface area contributed by atoms with Crippen molar-refractivity contribution < 1.29 is 4.92 Å². The summed E-state index contributed by atoms with van der Waals surface area (Å²) in [6.07, 6.45) is 3.54. The molecule has 104 valence electrons. The van der Waals surface area contributed by atoms with E-state index < -0.39 is 4.92 Å². The van der Waals surface area contributed by atoms with Crippen molar-refractivity contribution in [1.82, 2.24) is 10.3 Å². The number of pyridine rings is 1. The molecule has 1 heterocycles. The largest absolute Gasteiger partial charge is 0.384 e. The van der Waals surface area contributed by atoms with Gasteiger partial charge in [0.05, 0.1) is 4.92 Å². The van der Waals surface area contributed by atoms with Crippen LogP contribution in [-0.2, 0) is 6.54 Å². The van der Waals surface area contributed by atoms with Crippen LogP contribution in [0.15, 0.2) is 48.8 Å². The number of nitrogens with zero attached hydrogens (tertiary/aromatic N) is 2. The average Bonchev–Trinajstić information content (AvgIpc) is 2.48. The molecule has 1 aromatic heterocycles. The summed E-state index contributed by atoms with van der Waals surface area (Å²) in [5, 5.41) is 17.0. The number of benzene rings is 1. The number of hydrogen-bond donors (Lipinski definition) is 2. The van der Waals surface area contributed by atoms with E-state index in [0.717, 1.165) is 25.3 Å². The Labute approximate surface area is 117 Å². The van der Waals surface area contributed by atoms with Gasteiger partial charge < -0.3 is 10.6 Å². The molecule has 0 aliphatic heterocycles. The lowest BCUT2D eigenvalue weighted by Gasteiger charge is -2.07. The van der Waals surface area contributed by atoms with Gasteiger partial charge in [-0.3, -0.25) is 15.1 Å². The number of aromatic nitrogens is 1. The average molecular weight is 272 g/mol. The Kier molecular flexibility index (Phi) is 5.02. The molecular formula is C14H16N4O2. The molecule has 0 fully saturated rings. The Morgan fingerprint density at radius 1 is 1.05 bits per heavy atom. The highest BCUT2D eigenvalue weighted by Gasteiger charge is 2.02. The van der Waals surface area contributed by atoms with E-state index in [0.29, 0.717) is 0 Å². The van der Waals surface area contributed by atoms with Gasteiger partial charge in [0, 0.05) is 49.8 Å². The molecule has 0 unspecified atom stereocenters. The van der Waals surface area contributed by atoms with Crippen molar-refractivity contribution in [3.8, 4) is 0 Å². The van der Waals surface area contributed by atoms with E-state index in [9.17, 15) is 10.1 Å². The van der Waals surface area contributed by atoms with E-state index in [1.54, 1.807) is 24.5 Å². The van der Waals surface area contributed by atoms with E-state index in [1.165, 1.54) is 17.7 Å². The second-order valence-corrected chi connectivity index (χ2v) is 4.26. The van der Waals surface area contributed by atoms with Crippen LogP contribution in [0.3, 0.4) is 0 Å². The zero-order valence-corrected chi connectivity index (χ0v) is 11.0. The number of hydrogen-bond acceptors (Lipinski definition) is 5. The number of rotatable bonds is 7. The minimum Gasteiger partial charge on any atom is -0.384 e. The highest BCUT2D eigenvalue weighted by Crippen LogP contribution is 2.14. The van der Waals surface area contributed by atoms with Crippen LogP contribution in [0.25, 0.3) is 0 Å². The molecule has 0 aliphatic carbocycles. The normalized spacial score (nSPS) is 10.2. The molecule has 2 rings (SSSR count). The fourth-order valence-corrected chi connectivity index (χ4v) is 1.73. The van der Waals surface area contributed by atoms with Gasteiger partial charge in [-0.25, -0.2) is 0 Å². The van der Waals surface area contributed by atoms with Gasteiger partial charge in [-0.15, -0.1) is 0 Å². The Morgan fingerprint density at radius 3 is 2.40 bits per heavy atom. The van der Waals surface area contributed by atoms with Gasteiger partial charge in [-0.1, -0.05) is 0 Å². The third-order valence-corrected chi connectivity index (χ3v) is 2.79. The minimum atomic E-state index is -0.403. The first-order chi connectivity index (χ1) is 9.75. The highest BCUT2D eigenvalue weighted by atomic mass is 16.6. The summed E-state index contributed by atoms with van der Waals surface area (Å²) in [6, 6.07) is 10.3. The summed E-state index contributed by atoms with van der Waals surface area (Å²) in [5.74, 6) is 0. The first-order valence-electron chi connectivity index (χ1n) is 6.33. The van der Waals surface area contributed by atoms with E-state index in [1.807, 2.05) is 12.1 Å². The number of nitro benzene ring substituents is 1. The Balaban J connectivity index is 1.67. The van der Waals surface area contributed by atoms with Crippen molar-refractivity contribution in [2.24, 2.45) is 0 Å². The van der Waals surface area contributed by atoms with Crippen LogP contribution in [0.2, 0.25) is 0 Å². The molecule has 1 aromatic carbocycles. The molecule has 6 heteroatoms. The summed E-state index contributed by atoms with van der Waals surface area (Å²) in [6.45, 7) is 2.35. The van der Waals surface area contributed by atoms with Gasteiger partial charge in [-0.2, -0.15) is 0 Å². The predicted molar refractivity (Wildman–Crippen MR) is 77.5 cm³/mol. The second kappa shape index (κ2) is 7.20. The van der Waals surface area contributed by atoms with Crippen molar-refractivity contribution in [3.05, 3.63) is 64.5 Å². The molecule has 0 amide bonds. The fourth-order valence-electron chi connectivity index (χ4n) is 1.73. The molecule has 0 bridgehead atoms. The van der Waals surface area contributed by atoms with E-state index in [4.69, 9.17) is 0 Å². The molecule has 2 aromatic rings. The Bertz CT molecular complexity index is 543. The minimum absolute atomic E-state index is 0.103. The number of anilines is 1. The van der Waals surface area contributed by atoms with Gasteiger partial charge in [0.25, 0.3) is 5.69 Å². The summed E-state index contributed by atoms with van der Waals surface area (Å²) < 4.78 is 0. The van der Waals surface area contributed by atoms with E-state index >= 15 is 0 Å². The monoisotopic (exact) mass is 272 g/mol. The van der Waals surface area contributed by atoms with Crippen molar-refractivity contribution in [3.63, 3.8) is 0 Å². The zero-order chi connectivity index (χ0) is 14.2. The molecule has 0 spiro atoms. The number of nitrogens with one attached hydrogen (secondary N) is 2. The molecular weight excluding hydrogens is 256 g/mol. The smallest absolute Gasteiger partial charge is 0.269 e. The number of non-ortho nitro benzene ring substituents is 1. The first-order valence-corrected chi connectivity index (χ1v) is 6.33. The van der Waals surface area contributed by atoms with Crippen molar-refractivity contribution in [2.75, 3.05) is 18.4 Å². The van der Waals surface area contributed by atoms with Gasteiger partial charge >= 0.3 is 0 Å². The third kappa shape index (κ3) is 4.33. The van der Waals surface area contributed by atoms with Crippen LogP contribution >= 0.6 is 0 Å². The van der Waals surface area contributed by atoms with Crippen LogP contribution in [0, 0.1) is 10.1 Å². The second-order valence-electron chi connectivity index (χ2n) is 4.26. The quantitative estimate of drug-likeness (QED) is 0.459. The van der Waals surface area contributed by atoms with Crippen LogP contribution in [0.4, 0.5) is 11.4 Å². The molecule has 0 atom stereocenters. The highest BCUT2D eigenvalue weighted by molar-refractivity contribution is 5.48. The lowest BCUT2D eigenvalue weighted by Crippen LogP contribution is -2.21. The van der Waals surface area contributed by atoms with Gasteiger partial charge in [0.15, 0.2) is 0 Å². The molecule has 0 saturated carbocycles. The van der Waals surface area contributed by atoms with Crippen molar-refractivity contribution in [1.29, 1.82) is 0 Å². The predicted octanol–water partition coefficient (Wildman–Crippen LogP) is 2.19. The van der Waals surface area contributed by atoms with Gasteiger partial charge in [0.1, 0.15) is 0 Å². The van der Waals surface area contributed by atoms with Crippen LogP contribution < -0.4 is 10.6 Å². The summed E-state index contributed by atoms with van der Waals surface area (Å²) in [5.41, 5.74) is 2.17. The van der Waals surface area contributed by atoms with Crippen LogP contribution in [-0.4, -0.2) is 23.0 Å². The van der Waals surface area contributed by atoms with Crippen molar-refractivity contribution in [2.45, 2.75) is 6.54 Å². The van der Waals surface area contributed by atoms with E-state index in [2.05, 4.69) is 15.6 Å². The standard InChI is InChI=1S/C14H16N4O2/c19-18(20)14-3-1-13(2-4-14)17-10-9-16-11-12-5-7-15-8-6-12/h1-8,16-17H,9-11H2. The molecule has 0 saturated heterocycles. The Morgan fingerprint density at radius 2 is 1.75 bits per heavy atom. The zero-order valence-electron chi connectivity index (χ0n) is 11.0. The molecule has 2 N–H and O–H groups in total. The molecule has 0 radical (unpaired) electrons. The Hall–Kier alpha value is -2.47. The maximum absolute atomic E-state index is 10.5. The van der Waals surface area contributed by atoms with Crippen LogP contribution in [0.1, 0.15) is 5.56 Å². The fraction of sp³-hybridized carbons (Fsp3) is 0.214. The van der Waals surface area contributed by atoms with Crippen molar-refractivity contribution >= 4 is 11.4 Å². The third-order valence-electron chi connectivity index (χ3n) is 2.79. The summed E-state index contributed by atoms with van der Waals surface area (Å²) >= 11 is 0. The summed E-state index contributed by atoms with van der Waals surface area (Å²) in [4.78, 5) is 14.1. The topological polar surface area (TPSA) is 80.1 Å². The molecule has 0 aliphatic rings. The maximum Gasteiger partial charge on any atom is 0.269 e. The lowest BCUT2D eigenvalue weighted by molar-refractivity contribution is -0.384. The maximum atomic E-state index is 10.5. The molecule has 20 heavy (non-hydrogen) atoms. The van der Waals surface area contributed by atoms with Gasteiger partial charge in [-0.05, 0) is 29.8 Å². The first kappa shape index (κ1) is 14.0. The molecule has 6 nitrogen and oxygen atoms in total. The van der Waals surface area contributed by atoms with Gasteiger partial charge in [0.2, 0.25) is 0 Å². The number of nitro groups is 1. The van der Waals surface area contributed by atoms with Crippen LogP contribution in [0.5, 0.6) is 0 Å². The summed E-state index contributed by atoms with van der Waals surface area (Å²) in [7, 11) is 0. The van der Waals surface area contributed by atoms with E-state index in [-0.39, 0.29) is 5.69 Å².